The molecular formula is C27H30FN3O. The molecule has 0 aliphatic carbocycles. The summed E-state index contributed by atoms with van der Waals surface area (Å²) in [6.07, 6.45) is 3.77. The van der Waals surface area contributed by atoms with Crippen LogP contribution in [0.4, 0.5) is 4.39 Å². The van der Waals surface area contributed by atoms with Gasteiger partial charge in [-0.3, -0.25) is 14.7 Å². The number of carbonyl (C=O) groups is 1. The van der Waals surface area contributed by atoms with Crippen molar-refractivity contribution in [2.45, 2.75) is 25.8 Å². The second-order valence-electron chi connectivity index (χ2n) is 8.58. The van der Waals surface area contributed by atoms with Gasteiger partial charge in [-0.25, -0.2) is 4.39 Å². The lowest BCUT2D eigenvalue weighted by Crippen LogP contribution is -2.36. The van der Waals surface area contributed by atoms with Crippen LogP contribution in [-0.2, 0) is 24.2 Å². The molecule has 1 amide bonds. The predicted octanol–water partition coefficient (Wildman–Crippen LogP) is 4.36. The molecule has 0 bridgehead atoms. The number of aromatic nitrogens is 1. The number of nitrogens with zero attached hydrogens (tertiary/aromatic N) is 3. The van der Waals surface area contributed by atoms with Crippen LogP contribution in [-0.4, -0.2) is 46.9 Å². The molecule has 2 aromatic carbocycles. The summed E-state index contributed by atoms with van der Waals surface area (Å²) in [6, 6.07) is 22.9. The molecule has 2 heterocycles. The Labute approximate surface area is 189 Å². The zero-order valence-electron chi connectivity index (χ0n) is 18.4. The molecule has 166 valence electrons. The molecule has 4 rings (SSSR count). The molecule has 1 fully saturated rings. The molecule has 1 aliphatic heterocycles. The number of hydrogen-bond donors (Lipinski definition) is 0. The molecule has 0 radical (unpaired) electrons. The molecule has 1 aromatic heterocycles. The second kappa shape index (κ2) is 11.0. The van der Waals surface area contributed by atoms with Gasteiger partial charge in [-0.05, 0) is 54.2 Å². The molecule has 1 aliphatic rings. The summed E-state index contributed by atoms with van der Waals surface area (Å²) >= 11 is 0. The fourth-order valence-electron chi connectivity index (χ4n) is 4.40. The third-order valence-electron chi connectivity index (χ3n) is 6.05. The molecule has 4 nitrogen and oxygen atoms in total. The predicted molar refractivity (Wildman–Crippen MR) is 124 cm³/mol. The third kappa shape index (κ3) is 6.47. The molecule has 5 heteroatoms. The summed E-state index contributed by atoms with van der Waals surface area (Å²) in [5, 5.41) is 0. The normalized spacial score (nSPS) is 17.2. The van der Waals surface area contributed by atoms with Crippen LogP contribution in [0.2, 0.25) is 0 Å². The number of rotatable bonds is 7. The van der Waals surface area contributed by atoms with Crippen LogP contribution in [0.5, 0.6) is 0 Å². The quantitative estimate of drug-likeness (QED) is 0.558. The fourth-order valence-corrected chi connectivity index (χ4v) is 4.40. The van der Waals surface area contributed by atoms with Crippen molar-refractivity contribution >= 4 is 5.91 Å². The Balaban J connectivity index is 1.42. The SMILES string of the molecule is O=C(CCc1ccc(F)cc1)N1CCN(Cc2ccccc2)CC(Cc2ccccn2)C1. The molecule has 0 saturated carbocycles. The number of hydrogen-bond acceptors (Lipinski definition) is 3. The first-order valence-corrected chi connectivity index (χ1v) is 11.3. The molecule has 1 unspecified atom stereocenters. The molecule has 32 heavy (non-hydrogen) atoms. The van der Waals surface area contributed by atoms with E-state index >= 15 is 0 Å². The van der Waals surface area contributed by atoms with E-state index in [4.69, 9.17) is 0 Å². The number of aryl methyl sites for hydroxylation is 1. The van der Waals surface area contributed by atoms with Crippen LogP contribution in [0.15, 0.2) is 79.0 Å². The molecule has 0 spiro atoms. The Hall–Kier alpha value is -3.05. The Morgan fingerprint density at radius 1 is 0.906 bits per heavy atom. The van der Waals surface area contributed by atoms with E-state index in [1.165, 1.54) is 17.7 Å². The highest BCUT2D eigenvalue weighted by Gasteiger charge is 2.26. The Morgan fingerprint density at radius 2 is 1.69 bits per heavy atom. The van der Waals surface area contributed by atoms with Crippen molar-refractivity contribution in [3.8, 4) is 0 Å². The molecular weight excluding hydrogens is 401 g/mol. The third-order valence-corrected chi connectivity index (χ3v) is 6.05. The average Bonchev–Trinajstić information content (AvgIpc) is 3.02. The van der Waals surface area contributed by atoms with Crippen LogP contribution in [0.3, 0.4) is 0 Å². The van der Waals surface area contributed by atoms with Gasteiger partial charge in [0.2, 0.25) is 5.91 Å². The number of pyridine rings is 1. The van der Waals surface area contributed by atoms with E-state index in [0.29, 0.717) is 18.8 Å². The van der Waals surface area contributed by atoms with Gasteiger partial charge < -0.3 is 4.90 Å². The summed E-state index contributed by atoms with van der Waals surface area (Å²) in [7, 11) is 0. The Morgan fingerprint density at radius 3 is 2.44 bits per heavy atom. The summed E-state index contributed by atoms with van der Waals surface area (Å²) in [4.78, 5) is 22.1. The first-order valence-electron chi connectivity index (χ1n) is 11.3. The maximum Gasteiger partial charge on any atom is 0.222 e. The first kappa shape index (κ1) is 22.2. The van der Waals surface area contributed by atoms with Crippen molar-refractivity contribution in [1.82, 2.24) is 14.8 Å². The lowest BCUT2D eigenvalue weighted by molar-refractivity contribution is -0.131. The van der Waals surface area contributed by atoms with Crippen molar-refractivity contribution in [3.63, 3.8) is 0 Å². The van der Waals surface area contributed by atoms with Crippen molar-refractivity contribution in [3.05, 3.63) is 102 Å². The van der Waals surface area contributed by atoms with E-state index in [1.54, 1.807) is 12.1 Å². The van der Waals surface area contributed by atoms with Gasteiger partial charge in [-0.15, -0.1) is 0 Å². The van der Waals surface area contributed by atoms with Crippen LogP contribution in [0.1, 0.15) is 23.2 Å². The Bertz CT molecular complexity index is 979. The standard InChI is InChI=1S/C27H30FN3O/c28-25-12-9-22(10-13-25)11-14-27(32)31-17-16-30(19-23-6-2-1-3-7-23)20-24(21-31)18-26-8-4-5-15-29-26/h1-10,12-13,15,24H,11,14,16-21H2. The monoisotopic (exact) mass is 431 g/mol. The highest BCUT2D eigenvalue weighted by Crippen LogP contribution is 2.18. The van der Waals surface area contributed by atoms with Crippen molar-refractivity contribution in [1.29, 1.82) is 0 Å². The lowest BCUT2D eigenvalue weighted by atomic mass is 10.0. The van der Waals surface area contributed by atoms with Crippen molar-refractivity contribution in [2.75, 3.05) is 26.2 Å². The van der Waals surface area contributed by atoms with E-state index in [2.05, 4.69) is 40.2 Å². The molecule has 1 atom stereocenters. The first-order chi connectivity index (χ1) is 15.7. The number of benzene rings is 2. The largest absolute Gasteiger partial charge is 0.341 e. The smallest absolute Gasteiger partial charge is 0.222 e. The Kier molecular flexibility index (Phi) is 7.62. The van der Waals surface area contributed by atoms with Crippen LogP contribution < -0.4 is 0 Å². The average molecular weight is 432 g/mol. The fraction of sp³-hybridized carbons (Fsp3) is 0.333. The molecule has 3 aromatic rings. The van der Waals surface area contributed by atoms with E-state index in [0.717, 1.165) is 50.4 Å². The highest BCUT2D eigenvalue weighted by molar-refractivity contribution is 5.76. The van der Waals surface area contributed by atoms with Crippen LogP contribution in [0, 0.1) is 11.7 Å². The zero-order chi connectivity index (χ0) is 22.2. The summed E-state index contributed by atoms with van der Waals surface area (Å²) in [5.74, 6) is 0.247. The molecule has 0 N–H and O–H groups in total. The van der Waals surface area contributed by atoms with E-state index in [1.807, 2.05) is 29.3 Å². The minimum Gasteiger partial charge on any atom is -0.341 e. The van der Waals surface area contributed by atoms with Gasteiger partial charge in [0, 0.05) is 51.0 Å². The van der Waals surface area contributed by atoms with Gasteiger partial charge in [0.1, 0.15) is 5.82 Å². The van der Waals surface area contributed by atoms with E-state index in [-0.39, 0.29) is 11.7 Å². The van der Waals surface area contributed by atoms with E-state index in [9.17, 15) is 9.18 Å². The van der Waals surface area contributed by atoms with E-state index < -0.39 is 0 Å². The van der Waals surface area contributed by atoms with Gasteiger partial charge in [-0.2, -0.15) is 0 Å². The minimum absolute atomic E-state index is 0.168. The summed E-state index contributed by atoms with van der Waals surface area (Å²) in [6.45, 7) is 4.15. The lowest BCUT2D eigenvalue weighted by Gasteiger charge is -2.24. The highest BCUT2D eigenvalue weighted by atomic mass is 19.1. The summed E-state index contributed by atoms with van der Waals surface area (Å²) < 4.78 is 13.2. The number of amides is 1. The van der Waals surface area contributed by atoms with Gasteiger partial charge in [-0.1, -0.05) is 48.5 Å². The van der Waals surface area contributed by atoms with Crippen LogP contribution >= 0.6 is 0 Å². The summed E-state index contributed by atoms with van der Waals surface area (Å²) in [5.41, 5.74) is 3.35. The second-order valence-corrected chi connectivity index (χ2v) is 8.58. The number of carbonyl (C=O) groups excluding carboxylic acids is 1. The number of halogens is 1. The van der Waals surface area contributed by atoms with Crippen molar-refractivity contribution < 1.29 is 9.18 Å². The zero-order valence-corrected chi connectivity index (χ0v) is 18.4. The van der Waals surface area contributed by atoms with Gasteiger partial charge in [0.05, 0.1) is 0 Å². The van der Waals surface area contributed by atoms with Crippen molar-refractivity contribution in [2.24, 2.45) is 5.92 Å². The van der Waals surface area contributed by atoms with Crippen LogP contribution in [0.25, 0.3) is 0 Å². The topological polar surface area (TPSA) is 36.4 Å². The minimum atomic E-state index is -0.247. The molecule has 1 saturated heterocycles. The maximum atomic E-state index is 13.2. The van der Waals surface area contributed by atoms with Gasteiger partial charge in [0.25, 0.3) is 0 Å². The van der Waals surface area contributed by atoms with Gasteiger partial charge in [0.15, 0.2) is 0 Å². The maximum absolute atomic E-state index is 13.2. The van der Waals surface area contributed by atoms with Gasteiger partial charge >= 0.3 is 0 Å².